The molecular weight excluding hydrogens is 210 g/mol. The predicted molar refractivity (Wildman–Crippen MR) is 72.1 cm³/mol. The van der Waals surface area contributed by atoms with Crippen molar-refractivity contribution in [3.63, 3.8) is 0 Å². The second kappa shape index (κ2) is 5.82. The van der Waals surface area contributed by atoms with Gasteiger partial charge in [-0.2, -0.15) is 0 Å². The third-order valence-corrected chi connectivity index (χ3v) is 2.76. The fraction of sp³-hybridized carbons (Fsp3) is 0.500. The zero-order valence-corrected chi connectivity index (χ0v) is 10.7. The number of rotatable bonds is 6. The second-order valence-electron chi connectivity index (χ2n) is 4.90. The van der Waals surface area contributed by atoms with E-state index in [1.807, 2.05) is 18.2 Å². The van der Waals surface area contributed by atoms with Gasteiger partial charge in [0.15, 0.2) is 0 Å². The molecule has 17 heavy (non-hydrogen) atoms. The van der Waals surface area contributed by atoms with E-state index in [9.17, 15) is 0 Å². The first kappa shape index (κ1) is 12.1. The van der Waals surface area contributed by atoms with Crippen LogP contribution in [0, 0.1) is 5.92 Å². The number of hydrogen-bond donors (Lipinski definition) is 2. The Bertz CT molecular complexity index is 426. The van der Waals surface area contributed by atoms with E-state index in [-0.39, 0.29) is 0 Å². The van der Waals surface area contributed by atoms with Crippen LogP contribution in [0.3, 0.4) is 0 Å². The van der Waals surface area contributed by atoms with Crippen LogP contribution in [0.1, 0.15) is 26.1 Å². The van der Waals surface area contributed by atoms with Gasteiger partial charge in [0.2, 0.25) is 0 Å². The van der Waals surface area contributed by atoms with E-state index in [4.69, 9.17) is 0 Å². The first-order valence-corrected chi connectivity index (χ1v) is 6.40. The van der Waals surface area contributed by atoms with E-state index in [0.717, 1.165) is 48.7 Å². The van der Waals surface area contributed by atoms with Crippen molar-refractivity contribution in [3.8, 4) is 0 Å². The van der Waals surface area contributed by atoms with E-state index >= 15 is 0 Å². The SMILES string of the molecule is CC(C)CNCCCc1nc2ccccc2[nH]1. The zero-order valence-electron chi connectivity index (χ0n) is 10.7. The molecule has 92 valence electrons. The minimum atomic E-state index is 0.723. The molecule has 2 aromatic rings. The molecule has 3 nitrogen and oxygen atoms in total. The summed E-state index contributed by atoms with van der Waals surface area (Å²) in [5.74, 6) is 1.82. The van der Waals surface area contributed by atoms with Crippen LogP contribution in [0.5, 0.6) is 0 Å². The van der Waals surface area contributed by atoms with Gasteiger partial charge in [-0.3, -0.25) is 0 Å². The average Bonchev–Trinajstić information content (AvgIpc) is 2.70. The van der Waals surface area contributed by atoms with Gasteiger partial charge in [-0.15, -0.1) is 0 Å². The largest absolute Gasteiger partial charge is 0.342 e. The Balaban J connectivity index is 1.79. The van der Waals surface area contributed by atoms with Crippen molar-refractivity contribution in [3.05, 3.63) is 30.1 Å². The molecule has 0 saturated heterocycles. The lowest BCUT2D eigenvalue weighted by Crippen LogP contribution is -2.21. The van der Waals surface area contributed by atoms with Crippen molar-refractivity contribution in [2.24, 2.45) is 5.92 Å². The molecule has 0 bridgehead atoms. The molecule has 1 aromatic carbocycles. The van der Waals surface area contributed by atoms with Crippen LogP contribution in [-0.2, 0) is 6.42 Å². The van der Waals surface area contributed by atoms with Crippen LogP contribution < -0.4 is 5.32 Å². The third kappa shape index (κ3) is 3.56. The van der Waals surface area contributed by atoms with Crippen LogP contribution in [0.15, 0.2) is 24.3 Å². The van der Waals surface area contributed by atoms with Crippen molar-refractivity contribution in [1.29, 1.82) is 0 Å². The molecule has 1 heterocycles. The van der Waals surface area contributed by atoms with Gasteiger partial charge in [-0.1, -0.05) is 26.0 Å². The topological polar surface area (TPSA) is 40.7 Å². The first-order chi connectivity index (χ1) is 8.25. The maximum atomic E-state index is 4.56. The van der Waals surface area contributed by atoms with E-state index in [0.29, 0.717) is 0 Å². The summed E-state index contributed by atoms with van der Waals surface area (Å²) < 4.78 is 0. The van der Waals surface area contributed by atoms with Gasteiger partial charge in [-0.05, 0) is 37.6 Å². The minimum absolute atomic E-state index is 0.723. The summed E-state index contributed by atoms with van der Waals surface area (Å²) in [7, 11) is 0. The standard InChI is InChI=1S/C14H21N3/c1-11(2)10-15-9-5-8-14-16-12-6-3-4-7-13(12)17-14/h3-4,6-7,11,15H,5,8-10H2,1-2H3,(H,16,17). The summed E-state index contributed by atoms with van der Waals surface area (Å²) >= 11 is 0. The number of H-pyrrole nitrogens is 1. The Morgan fingerprint density at radius 2 is 2.12 bits per heavy atom. The lowest BCUT2D eigenvalue weighted by atomic mass is 10.2. The molecule has 0 aliphatic carbocycles. The Kier molecular flexibility index (Phi) is 4.15. The van der Waals surface area contributed by atoms with E-state index < -0.39 is 0 Å². The number of nitrogens with one attached hydrogen (secondary N) is 2. The van der Waals surface area contributed by atoms with Crippen molar-refractivity contribution >= 4 is 11.0 Å². The van der Waals surface area contributed by atoms with Crippen LogP contribution in [0.25, 0.3) is 11.0 Å². The lowest BCUT2D eigenvalue weighted by Gasteiger charge is -2.05. The summed E-state index contributed by atoms with van der Waals surface area (Å²) in [5, 5.41) is 3.45. The number of fused-ring (bicyclic) bond motifs is 1. The van der Waals surface area contributed by atoms with Crippen LogP contribution in [-0.4, -0.2) is 23.1 Å². The van der Waals surface area contributed by atoms with Gasteiger partial charge < -0.3 is 10.3 Å². The second-order valence-corrected chi connectivity index (χ2v) is 4.90. The maximum Gasteiger partial charge on any atom is 0.107 e. The smallest absolute Gasteiger partial charge is 0.107 e. The van der Waals surface area contributed by atoms with Gasteiger partial charge >= 0.3 is 0 Å². The quantitative estimate of drug-likeness (QED) is 0.750. The Morgan fingerprint density at radius 1 is 1.29 bits per heavy atom. The summed E-state index contributed by atoms with van der Waals surface area (Å²) in [6.07, 6.45) is 2.15. The summed E-state index contributed by atoms with van der Waals surface area (Å²) in [6.45, 7) is 6.62. The van der Waals surface area contributed by atoms with Gasteiger partial charge in [-0.25, -0.2) is 4.98 Å². The highest BCUT2D eigenvalue weighted by molar-refractivity contribution is 5.74. The van der Waals surface area contributed by atoms with Gasteiger partial charge in [0.25, 0.3) is 0 Å². The predicted octanol–water partition coefficient (Wildman–Crippen LogP) is 2.74. The van der Waals surface area contributed by atoms with Gasteiger partial charge in [0.1, 0.15) is 5.82 Å². The Morgan fingerprint density at radius 3 is 2.88 bits per heavy atom. The highest BCUT2D eigenvalue weighted by atomic mass is 14.9. The fourth-order valence-electron chi connectivity index (χ4n) is 1.90. The van der Waals surface area contributed by atoms with Crippen molar-refractivity contribution in [1.82, 2.24) is 15.3 Å². The Hall–Kier alpha value is -1.35. The number of aromatic amines is 1. The molecule has 1 aromatic heterocycles. The number of imidazole rings is 1. The molecule has 0 atom stereocenters. The molecular formula is C14H21N3. The number of para-hydroxylation sites is 2. The molecule has 0 saturated carbocycles. The molecule has 0 fully saturated rings. The number of aryl methyl sites for hydroxylation is 1. The van der Waals surface area contributed by atoms with Crippen LogP contribution in [0.4, 0.5) is 0 Å². The summed E-state index contributed by atoms with van der Waals surface area (Å²) in [5.41, 5.74) is 2.20. The van der Waals surface area contributed by atoms with Crippen LogP contribution in [0.2, 0.25) is 0 Å². The number of aromatic nitrogens is 2. The third-order valence-electron chi connectivity index (χ3n) is 2.76. The number of nitrogens with zero attached hydrogens (tertiary/aromatic N) is 1. The highest BCUT2D eigenvalue weighted by Crippen LogP contribution is 2.10. The molecule has 2 N–H and O–H groups in total. The average molecular weight is 231 g/mol. The van der Waals surface area contributed by atoms with Crippen molar-refractivity contribution < 1.29 is 0 Å². The normalized spacial score (nSPS) is 11.5. The van der Waals surface area contributed by atoms with Crippen LogP contribution >= 0.6 is 0 Å². The highest BCUT2D eigenvalue weighted by Gasteiger charge is 2.01. The zero-order chi connectivity index (χ0) is 12.1. The Labute approximate surface area is 103 Å². The number of hydrogen-bond acceptors (Lipinski definition) is 2. The minimum Gasteiger partial charge on any atom is -0.342 e. The molecule has 0 unspecified atom stereocenters. The van der Waals surface area contributed by atoms with Crippen molar-refractivity contribution in [2.45, 2.75) is 26.7 Å². The van der Waals surface area contributed by atoms with Crippen molar-refractivity contribution in [2.75, 3.05) is 13.1 Å². The molecule has 0 aliphatic rings. The summed E-state index contributed by atoms with van der Waals surface area (Å²) in [6, 6.07) is 8.18. The molecule has 0 aliphatic heterocycles. The molecule has 0 spiro atoms. The monoisotopic (exact) mass is 231 g/mol. The molecule has 2 rings (SSSR count). The molecule has 0 amide bonds. The number of benzene rings is 1. The van der Waals surface area contributed by atoms with Gasteiger partial charge in [0, 0.05) is 6.42 Å². The van der Waals surface area contributed by atoms with E-state index in [1.54, 1.807) is 0 Å². The lowest BCUT2D eigenvalue weighted by molar-refractivity contribution is 0.541. The van der Waals surface area contributed by atoms with E-state index in [2.05, 4.69) is 35.2 Å². The fourth-order valence-corrected chi connectivity index (χ4v) is 1.90. The van der Waals surface area contributed by atoms with E-state index in [1.165, 1.54) is 0 Å². The molecule has 0 radical (unpaired) electrons. The van der Waals surface area contributed by atoms with Gasteiger partial charge in [0.05, 0.1) is 11.0 Å². The summed E-state index contributed by atoms with van der Waals surface area (Å²) in [4.78, 5) is 7.92. The first-order valence-electron chi connectivity index (χ1n) is 6.40. The molecule has 3 heteroatoms. The maximum absolute atomic E-state index is 4.56.